The van der Waals surface area contributed by atoms with E-state index < -0.39 is 6.09 Å². The molecule has 0 unspecified atom stereocenters. The zero-order chi connectivity index (χ0) is 11.1. The lowest BCUT2D eigenvalue weighted by Gasteiger charge is -2.24. The number of alkyl halides is 1. The van der Waals surface area contributed by atoms with E-state index in [4.69, 9.17) is 0 Å². The Morgan fingerprint density at radius 3 is 2.53 bits per heavy atom. The first kappa shape index (κ1) is 12.0. The predicted molar refractivity (Wildman–Crippen MR) is 60.7 cm³/mol. The Labute approximate surface area is 97.8 Å². The van der Waals surface area contributed by atoms with Gasteiger partial charge in [0.25, 0.3) is 0 Å². The van der Waals surface area contributed by atoms with E-state index in [-0.39, 0.29) is 0 Å². The van der Waals surface area contributed by atoms with Crippen molar-refractivity contribution in [2.24, 2.45) is 0 Å². The van der Waals surface area contributed by atoms with E-state index in [2.05, 4.69) is 15.9 Å². The van der Waals surface area contributed by atoms with Gasteiger partial charge in [-0.2, -0.15) is 0 Å². The molecule has 4 heteroatoms. The van der Waals surface area contributed by atoms with Crippen molar-refractivity contribution in [1.82, 2.24) is 4.90 Å². The summed E-state index contributed by atoms with van der Waals surface area (Å²) in [6.07, 6.45) is -0.319. The number of nitrogens with zero attached hydrogens (tertiary/aromatic N) is 1. The Hall–Kier alpha value is -1.03. The molecule has 0 radical (unpaired) electrons. The summed E-state index contributed by atoms with van der Waals surface area (Å²) in [5.41, 5.74) is 0.983. The van der Waals surface area contributed by atoms with Gasteiger partial charge in [0, 0.05) is 18.4 Å². The maximum Gasteiger partial charge on any atom is 0.137 e. The molecule has 0 saturated heterocycles. The topological polar surface area (TPSA) is 43.4 Å². The number of carbonyl (C=O) groups is 1. The summed E-state index contributed by atoms with van der Waals surface area (Å²) in [7, 11) is 0. The molecule has 15 heavy (non-hydrogen) atoms. The molecule has 1 rings (SSSR count). The summed E-state index contributed by atoms with van der Waals surface area (Å²) in [6.45, 7) is 0.901. The third-order valence-corrected chi connectivity index (χ3v) is 2.60. The highest BCUT2D eigenvalue weighted by atomic mass is 79.9. The van der Waals surface area contributed by atoms with Crippen LogP contribution in [0.1, 0.15) is 12.0 Å². The van der Waals surface area contributed by atoms with E-state index in [9.17, 15) is 9.90 Å². The molecule has 0 saturated carbocycles. The molecule has 0 aliphatic heterocycles. The van der Waals surface area contributed by atoms with Gasteiger partial charge >= 0.3 is 0 Å². The van der Waals surface area contributed by atoms with Crippen molar-refractivity contribution in [2.75, 3.05) is 11.9 Å². The molecule has 0 heterocycles. The molecule has 0 aliphatic rings. The molecule has 3 nitrogen and oxygen atoms in total. The van der Waals surface area contributed by atoms with Gasteiger partial charge in [-0.15, -0.1) is 0 Å². The van der Waals surface area contributed by atoms with E-state index in [1.54, 1.807) is 0 Å². The standard InChI is InChI=1S/C11H14BrNO2/c12-7-4-8-13(11(14)15)9-10-5-2-1-3-6-10/h1-3,5-6H,4,7-9H2,(H,14,15)/p-1. The van der Waals surface area contributed by atoms with Crippen LogP contribution >= 0.6 is 15.9 Å². The predicted octanol–water partition coefficient (Wildman–Crippen LogP) is 1.62. The van der Waals surface area contributed by atoms with Gasteiger partial charge < -0.3 is 14.8 Å². The van der Waals surface area contributed by atoms with Crippen LogP contribution in [0.25, 0.3) is 0 Å². The number of hydrogen-bond donors (Lipinski definition) is 0. The number of amides is 1. The van der Waals surface area contributed by atoms with Crippen molar-refractivity contribution < 1.29 is 9.90 Å². The van der Waals surface area contributed by atoms with Gasteiger partial charge in [0.2, 0.25) is 0 Å². The fourth-order valence-corrected chi connectivity index (χ4v) is 1.54. The van der Waals surface area contributed by atoms with Crippen LogP contribution < -0.4 is 5.11 Å². The van der Waals surface area contributed by atoms with Crippen LogP contribution in [0.2, 0.25) is 0 Å². The average Bonchev–Trinajstić information content (AvgIpc) is 2.25. The van der Waals surface area contributed by atoms with Gasteiger partial charge in [0.05, 0.1) is 0 Å². The van der Waals surface area contributed by atoms with Gasteiger partial charge in [-0.25, -0.2) is 0 Å². The third kappa shape index (κ3) is 4.34. The van der Waals surface area contributed by atoms with Crippen molar-refractivity contribution in [3.05, 3.63) is 35.9 Å². The average molecular weight is 271 g/mol. The molecule has 1 aromatic rings. The van der Waals surface area contributed by atoms with Gasteiger partial charge in [0.1, 0.15) is 6.09 Å². The van der Waals surface area contributed by atoms with Crippen LogP contribution in [-0.4, -0.2) is 22.9 Å². The Balaban J connectivity index is 2.55. The van der Waals surface area contributed by atoms with Gasteiger partial charge in [-0.05, 0) is 12.0 Å². The summed E-state index contributed by atoms with van der Waals surface area (Å²) in [5, 5.41) is 11.6. The van der Waals surface area contributed by atoms with E-state index >= 15 is 0 Å². The third-order valence-electron chi connectivity index (χ3n) is 2.04. The Morgan fingerprint density at radius 1 is 1.33 bits per heavy atom. The quantitative estimate of drug-likeness (QED) is 0.764. The van der Waals surface area contributed by atoms with Gasteiger partial charge in [-0.1, -0.05) is 46.3 Å². The molecule has 0 bridgehead atoms. The monoisotopic (exact) mass is 270 g/mol. The molecular weight excluding hydrogens is 258 g/mol. The molecule has 0 N–H and O–H groups in total. The zero-order valence-electron chi connectivity index (χ0n) is 8.36. The highest BCUT2D eigenvalue weighted by Gasteiger charge is 2.04. The van der Waals surface area contributed by atoms with E-state index in [0.717, 1.165) is 17.3 Å². The van der Waals surface area contributed by atoms with Crippen LogP contribution in [0.15, 0.2) is 30.3 Å². The Morgan fingerprint density at radius 2 is 2.00 bits per heavy atom. The summed E-state index contributed by atoms with van der Waals surface area (Å²) in [4.78, 5) is 12.1. The van der Waals surface area contributed by atoms with Gasteiger partial charge in [-0.3, -0.25) is 0 Å². The van der Waals surface area contributed by atoms with Crippen molar-refractivity contribution in [3.8, 4) is 0 Å². The van der Waals surface area contributed by atoms with E-state index in [0.29, 0.717) is 13.1 Å². The molecule has 0 fully saturated rings. The summed E-state index contributed by atoms with van der Waals surface area (Å²) < 4.78 is 0. The summed E-state index contributed by atoms with van der Waals surface area (Å²) in [5.74, 6) is 0. The van der Waals surface area contributed by atoms with Crippen LogP contribution in [0.3, 0.4) is 0 Å². The SMILES string of the molecule is O=C([O-])N(CCCBr)Cc1ccccc1. The van der Waals surface area contributed by atoms with Crippen molar-refractivity contribution in [2.45, 2.75) is 13.0 Å². The summed E-state index contributed by atoms with van der Waals surface area (Å²) in [6, 6.07) is 9.51. The molecule has 1 amide bonds. The van der Waals surface area contributed by atoms with Crippen molar-refractivity contribution in [1.29, 1.82) is 0 Å². The minimum Gasteiger partial charge on any atom is -0.530 e. The van der Waals surface area contributed by atoms with Crippen molar-refractivity contribution >= 4 is 22.0 Å². The second kappa shape index (κ2) is 6.45. The molecule has 0 spiro atoms. The fraction of sp³-hybridized carbons (Fsp3) is 0.364. The molecule has 82 valence electrons. The lowest BCUT2D eigenvalue weighted by molar-refractivity contribution is -0.266. The normalized spacial score (nSPS) is 9.93. The highest BCUT2D eigenvalue weighted by molar-refractivity contribution is 9.09. The molecule has 0 atom stereocenters. The number of rotatable bonds is 5. The number of halogens is 1. The van der Waals surface area contributed by atoms with Crippen LogP contribution in [-0.2, 0) is 6.54 Å². The minimum absolute atomic E-state index is 0.399. The number of carbonyl (C=O) groups excluding carboxylic acids is 1. The Bertz CT molecular complexity index is 303. The number of hydrogen-bond acceptors (Lipinski definition) is 2. The van der Waals surface area contributed by atoms with Crippen LogP contribution in [0.5, 0.6) is 0 Å². The fourth-order valence-electron chi connectivity index (χ4n) is 1.29. The van der Waals surface area contributed by atoms with E-state index in [1.165, 1.54) is 4.90 Å². The lowest BCUT2D eigenvalue weighted by atomic mass is 10.2. The highest BCUT2D eigenvalue weighted by Crippen LogP contribution is 2.05. The van der Waals surface area contributed by atoms with Crippen LogP contribution in [0, 0.1) is 0 Å². The first-order valence-electron chi connectivity index (χ1n) is 4.80. The maximum absolute atomic E-state index is 10.8. The lowest BCUT2D eigenvalue weighted by Crippen LogP contribution is -2.41. The minimum atomic E-state index is -1.11. The van der Waals surface area contributed by atoms with Crippen molar-refractivity contribution in [3.63, 3.8) is 0 Å². The van der Waals surface area contributed by atoms with E-state index in [1.807, 2.05) is 30.3 Å². The second-order valence-corrected chi connectivity index (χ2v) is 4.01. The first-order valence-corrected chi connectivity index (χ1v) is 5.92. The number of benzene rings is 1. The number of carboxylic acid groups (broad SMARTS) is 1. The molecular formula is C11H13BrNO2-. The maximum atomic E-state index is 10.8. The summed E-state index contributed by atoms with van der Waals surface area (Å²) >= 11 is 3.27. The second-order valence-electron chi connectivity index (χ2n) is 3.22. The first-order chi connectivity index (χ1) is 7.24. The Kier molecular flexibility index (Phi) is 5.18. The zero-order valence-corrected chi connectivity index (χ0v) is 9.94. The molecule has 0 aliphatic carbocycles. The molecule has 0 aromatic heterocycles. The van der Waals surface area contributed by atoms with Gasteiger partial charge in [0.15, 0.2) is 0 Å². The largest absolute Gasteiger partial charge is 0.530 e. The smallest absolute Gasteiger partial charge is 0.137 e. The van der Waals surface area contributed by atoms with Crippen LogP contribution in [0.4, 0.5) is 4.79 Å². The molecule has 1 aromatic carbocycles.